The third kappa shape index (κ3) is 1.32. The van der Waals surface area contributed by atoms with Crippen LogP contribution < -0.4 is 0 Å². The SMILES string of the molecule is CN1C(=O)C2C(=NC=[N+]2C)N(CCO)C1=O. The first-order chi connectivity index (χ1) is 7.57. The first kappa shape index (κ1) is 10.7. The van der Waals surface area contributed by atoms with Crippen molar-refractivity contribution in [2.75, 3.05) is 27.2 Å². The zero-order chi connectivity index (χ0) is 11.9. The summed E-state index contributed by atoms with van der Waals surface area (Å²) in [5, 5.41) is 8.90. The van der Waals surface area contributed by atoms with Gasteiger partial charge in [-0.15, -0.1) is 0 Å². The van der Waals surface area contributed by atoms with Gasteiger partial charge >= 0.3 is 6.03 Å². The Labute approximate surface area is 92.3 Å². The molecule has 0 aromatic heterocycles. The van der Waals surface area contributed by atoms with Gasteiger partial charge in [0.05, 0.1) is 20.2 Å². The number of amides is 3. The van der Waals surface area contributed by atoms with E-state index in [2.05, 4.69) is 4.99 Å². The zero-order valence-electron chi connectivity index (χ0n) is 9.12. The van der Waals surface area contributed by atoms with Crippen LogP contribution in [0.3, 0.4) is 0 Å². The van der Waals surface area contributed by atoms with Crippen LogP contribution >= 0.6 is 0 Å². The fourth-order valence-electron chi connectivity index (χ4n) is 1.84. The van der Waals surface area contributed by atoms with Crippen molar-refractivity contribution in [2.45, 2.75) is 6.04 Å². The highest BCUT2D eigenvalue weighted by Gasteiger charge is 2.50. The fraction of sp³-hybridized carbons (Fsp3) is 0.556. The van der Waals surface area contributed by atoms with E-state index in [0.29, 0.717) is 5.84 Å². The van der Waals surface area contributed by atoms with Gasteiger partial charge in [0.25, 0.3) is 24.1 Å². The molecule has 7 nitrogen and oxygen atoms in total. The summed E-state index contributed by atoms with van der Waals surface area (Å²) in [4.78, 5) is 30.0. The molecule has 0 spiro atoms. The molecule has 0 aromatic carbocycles. The number of carbonyl (C=O) groups excluding carboxylic acids is 2. The number of carbonyl (C=O) groups is 2. The molecule has 0 aliphatic carbocycles. The van der Waals surface area contributed by atoms with Crippen LogP contribution in [0.1, 0.15) is 0 Å². The fourth-order valence-corrected chi connectivity index (χ4v) is 1.84. The quantitative estimate of drug-likeness (QED) is 0.570. The van der Waals surface area contributed by atoms with Crippen LogP contribution in [-0.2, 0) is 4.79 Å². The second kappa shape index (κ2) is 3.67. The summed E-state index contributed by atoms with van der Waals surface area (Å²) in [6, 6.07) is -0.994. The number of imide groups is 1. The van der Waals surface area contributed by atoms with E-state index in [9.17, 15) is 9.59 Å². The Hall–Kier alpha value is -1.76. The van der Waals surface area contributed by atoms with Crippen molar-refractivity contribution < 1.29 is 19.3 Å². The van der Waals surface area contributed by atoms with E-state index < -0.39 is 12.1 Å². The van der Waals surface area contributed by atoms with Crippen LogP contribution in [0.5, 0.6) is 0 Å². The van der Waals surface area contributed by atoms with Crippen LogP contribution in [0.4, 0.5) is 4.79 Å². The summed E-state index contributed by atoms with van der Waals surface area (Å²) in [5.41, 5.74) is 0. The van der Waals surface area contributed by atoms with Crippen molar-refractivity contribution in [1.82, 2.24) is 9.80 Å². The minimum Gasteiger partial charge on any atom is -0.395 e. The Bertz CT molecular complexity index is 415. The second-order valence-corrected chi connectivity index (χ2v) is 3.73. The molecule has 1 fully saturated rings. The molecule has 0 aromatic rings. The Morgan fingerprint density at radius 1 is 1.56 bits per heavy atom. The Morgan fingerprint density at radius 2 is 2.25 bits per heavy atom. The number of fused-ring (bicyclic) bond motifs is 1. The van der Waals surface area contributed by atoms with Crippen LogP contribution in [-0.4, -0.2) is 76.9 Å². The number of nitrogens with zero attached hydrogens (tertiary/aromatic N) is 4. The Kier molecular flexibility index (Phi) is 2.47. The molecule has 0 radical (unpaired) electrons. The highest BCUT2D eigenvalue weighted by atomic mass is 16.3. The van der Waals surface area contributed by atoms with Gasteiger partial charge in [-0.3, -0.25) is 14.6 Å². The van der Waals surface area contributed by atoms with Crippen molar-refractivity contribution >= 4 is 24.1 Å². The van der Waals surface area contributed by atoms with Crippen molar-refractivity contribution in [3.05, 3.63) is 0 Å². The van der Waals surface area contributed by atoms with Gasteiger partial charge in [0.1, 0.15) is 0 Å². The molecule has 1 N–H and O–H groups in total. The number of rotatable bonds is 2. The Morgan fingerprint density at radius 3 is 2.88 bits per heavy atom. The number of β-amino-alcohol motifs (C(OH)–C–C–N with tert-alkyl or cyclic N) is 1. The van der Waals surface area contributed by atoms with Gasteiger partial charge in [-0.2, -0.15) is 0 Å². The second-order valence-electron chi connectivity index (χ2n) is 3.73. The number of aliphatic imine (C=N–C) groups is 1. The minimum absolute atomic E-state index is 0.146. The van der Waals surface area contributed by atoms with Gasteiger partial charge in [-0.25, -0.2) is 9.37 Å². The minimum atomic E-state index is -0.547. The predicted octanol–water partition coefficient (Wildman–Crippen LogP) is -1.68. The molecule has 2 heterocycles. The summed E-state index contributed by atoms with van der Waals surface area (Å²) >= 11 is 0. The van der Waals surface area contributed by atoms with Gasteiger partial charge in [0, 0.05) is 7.05 Å². The molecule has 7 heteroatoms. The third-order valence-electron chi connectivity index (χ3n) is 2.71. The predicted molar refractivity (Wildman–Crippen MR) is 55.4 cm³/mol. The lowest BCUT2D eigenvalue weighted by atomic mass is 10.1. The maximum atomic E-state index is 11.9. The number of hydrogen-bond acceptors (Lipinski definition) is 4. The molecule has 1 saturated heterocycles. The van der Waals surface area contributed by atoms with E-state index in [1.807, 2.05) is 0 Å². The molecular formula is C9H13N4O3+. The van der Waals surface area contributed by atoms with E-state index >= 15 is 0 Å². The van der Waals surface area contributed by atoms with E-state index in [-0.39, 0.29) is 19.1 Å². The molecule has 2 rings (SSSR count). The topological polar surface area (TPSA) is 76.2 Å². The molecule has 86 valence electrons. The number of aliphatic hydroxyl groups excluding tert-OH is 1. The van der Waals surface area contributed by atoms with Crippen LogP contribution in [0.25, 0.3) is 0 Å². The number of hydrogen-bond donors (Lipinski definition) is 1. The third-order valence-corrected chi connectivity index (χ3v) is 2.71. The summed E-state index contributed by atoms with van der Waals surface area (Å²) in [7, 11) is 3.15. The van der Waals surface area contributed by atoms with Gasteiger partial charge in [0.15, 0.2) is 0 Å². The monoisotopic (exact) mass is 225 g/mol. The maximum Gasteiger partial charge on any atom is 0.333 e. The van der Waals surface area contributed by atoms with Crippen molar-refractivity contribution in [2.24, 2.45) is 4.99 Å². The van der Waals surface area contributed by atoms with E-state index in [0.717, 1.165) is 4.90 Å². The van der Waals surface area contributed by atoms with Crippen LogP contribution in [0, 0.1) is 0 Å². The van der Waals surface area contributed by atoms with Crippen LogP contribution in [0.2, 0.25) is 0 Å². The smallest absolute Gasteiger partial charge is 0.333 e. The number of urea groups is 1. The van der Waals surface area contributed by atoms with Crippen LogP contribution in [0.15, 0.2) is 4.99 Å². The van der Waals surface area contributed by atoms with Crippen molar-refractivity contribution in [3.8, 4) is 0 Å². The molecule has 3 amide bonds. The number of amidine groups is 1. The summed E-state index contributed by atoms with van der Waals surface area (Å²) in [6.07, 6.45) is 1.51. The summed E-state index contributed by atoms with van der Waals surface area (Å²) < 4.78 is 1.64. The summed E-state index contributed by atoms with van der Waals surface area (Å²) in [6.45, 7) is -0.0172. The van der Waals surface area contributed by atoms with E-state index in [1.165, 1.54) is 18.3 Å². The normalized spacial score (nSPS) is 24.6. The molecule has 2 aliphatic heterocycles. The maximum absolute atomic E-state index is 11.9. The first-order valence-corrected chi connectivity index (χ1v) is 4.91. The Balaban J connectivity index is 2.37. The zero-order valence-corrected chi connectivity index (χ0v) is 9.12. The number of aliphatic hydroxyl groups is 1. The summed E-state index contributed by atoms with van der Waals surface area (Å²) in [5.74, 6) is 0.0961. The lowest BCUT2D eigenvalue weighted by molar-refractivity contribution is -0.500. The lowest BCUT2D eigenvalue weighted by Crippen LogP contribution is -2.62. The highest BCUT2D eigenvalue weighted by molar-refractivity contribution is 6.21. The molecule has 1 atom stereocenters. The van der Waals surface area contributed by atoms with Gasteiger partial charge in [0.2, 0.25) is 0 Å². The van der Waals surface area contributed by atoms with Gasteiger partial charge in [-0.1, -0.05) is 0 Å². The lowest BCUT2D eigenvalue weighted by Gasteiger charge is -2.32. The largest absolute Gasteiger partial charge is 0.395 e. The molecular weight excluding hydrogens is 212 g/mol. The molecule has 1 unspecified atom stereocenters. The van der Waals surface area contributed by atoms with Gasteiger partial charge < -0.3 is 5.11 Å². The van der Waals surface area contributed by atoms with Gasteiger partial charge in [-0.05, 0) is 4.99 Å². The van der Waals surface area contributed by atoms with Crippen molar-refractivity contribution in [3.63, 3.8) is 0 Å². The van der Waals surface area contributed by atoms with E-state index in [1.54, 1.807) is 11.6 Å². The van der Waals surface area contributed by atoms with Crippen molar-refractivity contribution in [1.29, 1.82) is 0 Å². The highest BCUT2D eigenvalue weighted by Crippen LogP contribution is 2.16. The number of likely N-dealkylation sites (N-methyl/N-ethyl adjacent to an activating group) is 2. The standard InChI is InChI=1S/C9H13N4O3/c1-11-5-10-7-6(11)8(15)12(2)9(16)13(7)3-4-14/h5-6,14H,3-4H2,1-2H3/q+1. The van der Waals surface area contributed by atoms with E-state index in [4.69, 9.17) is 5.11 Å². The molecule has 0 bridgehead atoms. The average Bonchev–Trinajstić information content (AvgIpc) is 2.64. The molecule has 0 saturated carbocycles. The molecule has 2 aliphatic rings. The molecule has 16 heavy (non-hydrogen) atoms. The first-order valence-electron chi connectivity index (χ1n) is 4.91. The average molecular weight is 225 g/mol.